The molecular formula is C11H18ClN3. The molecule has 2 rings (SSSR count). The summed E-state index contributed by atoms with van der Waals surface area (Å²) in [5.74, 6) is 1.13. The summed E-state index contributed by atoms with van der Waals surface area (Å²) >= 11 is 6.28. The number of nitrogens with one attached hydrogen (secondary N) is 1. The van der Waals surface area contributed by atoms with Crippen molar-refractivity contribution in [1.29, 1.82) is 0 Å². The van der Waals surface area contributed by atoms with Crippen molar-refractivity contribution in [2.24, 2.45) is 5.92 Å². The summed E-state index contributed by atoms with van der Waals surface area (Å²) in [6.07, 6.45) is 3.13. The smallest absolute Gasteiger partial charge is 0.130 e. The molecule has 0 radical (unpaired) electrons. The predicted molar refractivity (Wildman–Crippen MR) is 62.3 cm³/mol. The van der Waals surface area contributed by atoms with Crippen LogP contribution in [0.25, 0.3) is 0 Å². The Morgan fingerprint density at radius 3 is 3.00 bits per heavy atom. The van der Waals surface area contributed by atoms with Gasteiger partial charge in [0.1, 0.15) is 5.15 Å². The highest BCUT2D eigenvalue weighted by molar-refractivity contribution is 6.30. The first-order valence-corrected chi connectivity index (χ1v) is 5.98. The average molecular weight is 228 g/mol. The van der Waals surface area contributed by atoms with Gasteiger partial charge in [-0.2, -0.15) is 5.10 Å². The third-order valence-electron chi connectivity index (χ3n) is 3.02. The molecule has 1 aromatic rings. The van der Waals surface area contributed by atoms with Gasteiger partial charge in [-0.05, 0) is 31.3 Å². The Morgan fingerprint density at radius 1 is 1.67 bits per heavy atom. The van der Waals surface area contributed by atoms with Crippen LogP contribution in [0, 0.1) is 5.92 Å². The summed E-state index contributed by atoms with van der Waals surface area (Å²) in [4.78, 5) is 0. The number of nitrogens with zero attached hydrogens (tertiary/aromatic N) is 2. The number of halogens is 1. The highest BCUT2D eigenvalue weighted by Gasteiger charge is 2.18. The fourth-order valence-electron chi connectivity index (χ4n) is 2.01. The van der Waals surface area contributed by atoms with E-state index in [0.717, 1.165) is 30.4 Å². The number of hydrogen-bond donors (Lipinski definition) is 1. The van der Waals surface area contributed by atoms with Crippen LogP contribution in [-0.4, -0.2) is 22.9 Å². The Balaban J connectivity index is 2.08. The van der Waals surface area contributed by atoms with Crippen molar-refractivity contribution < 1.29 is 0 Å². The summed E-state index contributed by atoms with van der Waals surface area (Å²) in [5.41, 5.74) is 1.16. The summed E-state index contributed by atoms with van der Waals surface area (Å²) in [5, 5.41) is 8.53. The number of aromatic nitrogens is 2. The Hall–Kier alpha value is -0.540. The Morgan fingerprint density at radius 2 is 2.47 bits per heavy atom. The summed E-state index contributed by atoms with van der Waals surface area (Å²) in [6, 6.07) is 0. The number of rotatable bonds is 3. The van der Waals surface area contributed by atoms with Crippen LogP contribution in [-0.2, 0) is 6.54 Å². The van der Waals surface area contributed by atoms with E-state index >= 15 is 0 Å². The van der Waals surface area contributed by atoms with Gasteiger partial charge in [0, 0.05) is 12.1 Å². The minimum absolute atomic E-state index is 0.452. The van der Waals surface area contributed by atoms with Crippen molar-refractivity contribution in [3.63, 3.8) is 0 Å². The lowest BCUT2D eigenvalue weighted by Crippen LogP contribution is -2.15. The molecule has 84 valence electrons. The Bertz CT molecular complexity index is 327. The van der Waals surface area contributed by atoms with Crippen LogP contribution in [0.3, 0.4) is 0 Å². The zero-order chi connectivity index (χ0) is 10.8. The van der Waals surface area contributed by atoms with Crippen molar-refractivity contribution in [3.8, 4) is 0 Å². The highest BCUT2D eigenvalue weighted by Crippen LogP contribution is 2.24. The third-order valence-corrected chi connectivity index (χ3v) is 3.43. The molecule has 4 heteroatoms. The largest absolute Gasteiger partial charge is 0.316 e. The van der Waals surface area contributed by atoms with Crippen LogP contribution in [0.2, 0.25) is 5.15 Å². The second-order valence-electron chi connectivity index (χ2n) is 4.59. The zero-order valence-corrected chi connectivity index (χ0v) is 10.1. The van der Waals surface area contributed by atoms with Crippen LogP contribution in [0.15, 0.2) is 6.20 Å². The first kappa shape index (κ1) is 11.0. The van der Waals surface area contributed by atoms with E-state index in [4.69, 9.17) is 11.6 Å². The fourth-order valence-corrected chi connectivity index (χ4v) is 2.39. The quantitative estimate of drug-likeness (QED) is 0.859. The van der Waals surface area contributed by atoms with Crippen molar-refractivity contribution in [1.82, 2.24) is 15.1 Å². The molecule has 2 heterocycles. The van der Waals surface area contributed by atoms with Gasteiger partial charge in [-0.1, -0.05) is 25.4 Å². The summed E-state index contributed by atoms with van der Waals surface area (Å²) in [6.45, 7) is 7.45. The maximum absolute atomic E-state index is 6.28. The average Bonchev–Trinajstić information content (AvgIpc) is 2.78. The van der Waals surface area contributed by atoms with E-state index in [-0.39, 0.29) is 0 Å². The molecule has 0 saturated carbocycles. The Kier molecular flexibility index (Phi) is 3.32. The van der Waals surface area contributed by atoms with Crippen molar-refractivity contribution in [3.05, 3.63) is 16.9 Å². The first-order chi connectivity index (χ1) is 7.18. The van der Waals surface area contributed by atoms with E-state index in [9.17, 15) is 0 Å². The predicted octanol–water partition coefficient (Wildman–Crippen LogP) is 2.27. The lowest BCUT2D eigenvalue weighted by molar-refractivity contribution is 0.449. The van der Waals surface area contributed by atoms with E-state index in [1.54, 1.807) is 0 Å². The lowest BCUT2D eigenvalue weighted by Gasteiger charge is -2.10. The third kappa shape index (κ3) is 2.34. The molecule has 1 fully saturated rings. The Labute approximate surface area is 95.8 Å². The van der Waals surface area contributed by atoms with Gasteiger partial charge in [0.05, 0.1) is 6.20 Å². The van der Waals surface area contributed by atoms with Crippen LogP contribution in [0.1, 0.15) is 31.7 Å². The zero-order valence-electron chi connectivity index (χ0n) is 9.33. The first-order valence-electron chi connectivity index (χ1n) is 5.60. The van der Waals surface area contributed by atoms with Gasteiger partial charge in [0.2, 0.25) is 0 Å². The van der Waals surface area contributed by atoms with Gasteiger partial charge < -0.3 is 5.32 Å². The molecule has 0 aliphatic carbocycles. The fraction of sp³-hybridized carbons (Fsp3) is 0.727. The minimum atomic E-state index is 0.452. The second-order valence-corrected chi connectivity index (χ2v) is 4.94. The molecule has 15 heavy (non-hydrogen) atoms. The van der Waals surface area contributed by atoms with Gasteiger partial charge >= 0.3 is 0 Å². The van der Waals surface area contributed by atoms with E-state index in [0.29, 0.717) is 11.8 Å². The molecule has 0 amide bonds. The van der Waals surface area contributed by atoms with Crippen molar-refractivity contribution in [2.75, 3.05) is 13.1 Å². The normalized spacial score (nSPS) is 21.5. The monoisotopic (exact) mass is 227 g/mol. The van der Waals surface area contributed by atoms with Gasteiger partial charge in [-0.25, -0.2) is 0 Å². The minimum Gasteiger partial charge on any atom is -0.316 e. The van der Waals surface area contributed by atoms with Crippen LogP contribution >= 0.6 is 11.6 Å². The van der Waals surface area contributed by atoms with Gasteiger partial charge in [-0.3, -0.25) is 4.68 Å². The maximum atomic E-state index is 6.28. The number of hydrogen-bond acceptors (Lipinski definition) is 2. The SMILES string of the molecule is CC(C)c1cnn(CC2CCNC2)c1Cl. The molecule has 0 bridgehead atoms. The van der Waals surface area contributed by atoms with E-state index in [1.165, 1.54) is 6.42 Å². The molecule has 1 unspecified atom stereocenters. The van der Waals surface area contributed by atoms with E-state index in [2.05, 4.69) is 24.3 Å². The van der Waals surface area contributed by atoms with Crippen molar-refractivity contribution in [2.45, 2.75) is 32.7 Å². The highest BCUT2D eigenvalue weighted by atomic mass is 35.5. The van der Waals surface area contributed by atoms with Gasteiger partial charge in [0.25, 0.3) is 0 Å². The lowest BCUT2D eigenvalue weighted by atomic mass is 10.1. The molecule has 1 aliphatic rings. The van der Waals surface area contributed by atoms with Crippen molar-refractivity contribution >= 4 is 11.6 Å². The van der Waals surface area contributed by atoms with E-state index < -0.39 is 0 Å². The molecule has 1 aliphatic heterocycles. The van der Waals surface area contributed by atoms with Gasteiger partial charge in [-0.15, -0.1) is 0 Å². The molecule has 1 N–H and O–H groups in total. The maximum Gasteiger partial charge on any atom is 0.130 e. The molecular weight excluding hydrogens is 210 g/mol. The second kappa shape index (κ2) is 4.54. The summed E-state index contributed by atoms with van der Waals surface area (Å²) in [7, 11) is 0. The molecule has 1 aromatic heterocycles. The van der Waals surface area contributed by atoms with Crippen LogP contribution in [0.4, 0.5) is 0 Å². The topological polar surface area (TPSA) is 29.9 Å². The van der Waals surface area contributed by atoms with Crippen LogP contribution in [0.5, 0.6) is 0 Å². The molecule has 0 spiro atoms. The van der Waals surface area contributed by atoms with Gasteiger partial charge in [0.15, 0.2) is 0 Å². The summed E-state index contributed by atoms with van der Waals surface area (Å²) < 4.78 is 1.94. The molecule has 3 nitrogen and oxygen atoms in total. The molecule has 1 saturated heterocycles. The van der Waals surface area contributed by atoms with E-state index in [1.807, 2.05) is 10.9 Å². The van der Waals surface area contributed by atoms with Crippen LogP contribution < -0.4 is 5.32 Å². The standard InChI is InChI=1S/C11H18ClN3/c1-8(2)10-6-14-15(11(10)12)7-9-3-4-13-5-9/h6,8-9,13H,3-5,7H2,1-2H3. The molecule has 0 aromatic carbocycles. The molecule has 1 atom stereocenters.